The van der Waals surface area contributed by atoms with Gasteiger partial charge in [-0.1, -0.05) is 34.1 Å². The summed E-state index contributed by atoms with van der Waals surface area (Å²) in [6.45, 7) is 0. The molecule has 0 spiro atoms. The number of hydrogen-bond donors (Lipinski definition) is 2. The highest BCUT2D eigenvalue weighted by molar-refractivity contribution is 9.10. The molecule has 0 radical (unpaired) electrons. The molecule has 2 N–H and O–H groups in total. The summed E-state index contributed by atoms with van der Waals surface area (Å²) in [7, 11) is -3.53. The number of sulfonamides is 1. The van der Waals surface area contributed by atoms with Crippen LogP contribution in [0.5, 0.6) is 0 Å². The van der Waals surface area contributed by atoms with Gasteiger partial charge in [-0.3, -0.25) is 0 Å². The molecule has 2 bridgehead atoms. The maximum atomic E-state index is 12.9. The first-order chi connectivity index (χ1) is 13.5. The lowest BCUT2D eigenvalue weighted by molar-refractivity contribution is 0.320. The maximum absolute atomic E-state index is 12.9. The molecule has 2 fully saturated rings. The Morgan fingerprint density at radius 1 is 1.29 bits per heavy atom. The first-order valence-corrected chi connectivity index (χ1v) is 12.0. The second-order valence-corrected chi connectivity index (χ2v) is 10.3. The molecule has 0 aliphatic heterocycles. The summed E-state index contributed by atoms with van der Waals surface area (Å²) in [5.41, 5.74) is 0. The first-order valence-electron chi connectivity index (χ1n) is 9.70. The van der Waals surface area contributed by atoms with Gasteiger partial charge in [0.05, 0.1) is 4.90 Å². The lowest BCUT2D eigenvalue weighted by Crippen LogP contribution is -2.43. The monoisotopic (exact) mass is 465 g/mol. The number of nitrogens with one attached hydrogen (secondary N) is 2. The molecule has 0 saturated heterocycles. The molecule has 4 atom stereocenters. The number of H-pyrrole nitrogens is 1. The molecule has 1 heterocycles. The molecule has 2 saturated carbocycles. The van der Waals surface area contributed by atoms with Crippen molar-refractivity contribution in [2.75, 3.05) is 0 Å². The van der Waals surface area contributed by atoms with Crippen molar-refractivity contribution in [3.8, 4) is 0 Å². The number of aromatic nitrogens is 4. The van der Waals surface area contributed by atoms with E-state index >= 15 is 0 Å². The van der Waals surface area contributed by atoms with E-state index in [2.05, 4.69) is 53.4 Å². The second kappa shape index (κ2) is 8.42. The van der Waals surface area contributed by atoms with Crippen LogP contribution in [0, 0.1) is 17.8 Å². The van der Waals surface area contributed by atoms with Crippen molar-refractivity contribution in [3.63, 3.8) is 0 Å². The molecule has 2 aromatic rings. The Kier molecular flexibility index (Phi) is 5.93. The maximum Gasteiger partial charge on any atom is 0.240 e. The van der Waals surface area contributed by atoms with Crippen LogP contribution in [0.1, 0.15) is 37.9 Å². The number of unbranched alkanes of at least 4 members (excludes halogenated alkanes) is 1. The van der Waals surface area contributed by atoms with Gasteiger partial charge >= 0.3 is 0 Å². The van der Waals surface area contributed by atoms with Crippen molar-refractivity contribution in [3.05, 3.63) is 46.7 Å². The van der Waals surface area contributed by atoms with E-state index in [-0.39, 0.29) is 12.0 Å². The van der Waals surface area contributed by atoms with Crippen molar-refractivity contribution >= 4 is 26.0 Å². The first kappa shape index (κ1) is 19.7. The lowest BCUT2D eigenvalue weighted by atomic mass is 9.84. The number of halogens is 1. The second-order valence-electron chi connectivity index (χ2n) is 7.68. The number of hydrogen-bond acceptors (Lipinski definition) is 5. The predicted octanol–water partition coefficient (Wildman–Crippen LogP) is 3.23. The standard InChI is InChI=1S/C19H24BrN5O2S/c20-15-5-4-6-16(12-15)28(26,27)23-19-14-10-9-13(11-14)17(19)7-2-1-3-8-18-21-24-25-22-18/h2,4-7,12-14,17,19,23H,1,3,8-11H2,(H,21,22,24,25)/t13-,14+,17+,19+/m1/s1. The van der Waals surface area contributed by atoms with Crippen LogP contribution in [0.2, 0.25) is 0 Å². The number of nitrogens with zero attached hydrogens (tertiary/aromatic N) is 3. The molecule has 2 aliphatic rings. The summed E-state index contributed by atoms with van der Waals surface area (Å²) < 4.78 is 29.6. The third-order valence-corrected chi connectivity index (χ3v) is 7.86. The van der Waals surface area contributed by atoms with Gasteiger partial charge in [0.25, 0.3) is 0 Å². The Bertz CT molecular complexity index is 932. The molecule has 1 aromatic heterocycles. The number of allylic oxidation sites excluding steroid dienone is 1. The number of aryl methyl sites for hydroxylation is 1. The van der Waals surface area contributed by atoms with Gasteiger partial charge in [0.1, 0.15) is 5.82 Å². The van der Waals surface area contributed by atoms with Gasteiger partial charge in [-0.2, -0.15) is 0 Å². The summed E-state index contributed by atoms with van der Waals surface area (Å²) >= 11 is 3.36. The van der Waals surface area contributed by atoms with Crippen LogP contribution in [0.15, 0.2) is 45.8 Å². The zero-order valence-corrected chi connectivity index (χ0v) is 17.9. The van der Waals surface area contributed by atoms with Crippen LogP contribution >= 0.6 is 15.9 Å². The normalized spacial score (nSPS) is 27.0. The van der Waals surface area contributed by atoms with Crippen LogP contribution in [0.3, 0.4) is 0 Å². The minimum absolute atomic E-state index is 0.0162. The summed E-state index contributed by atoms with van der Waals surface area (Å²) in [6.07, 6.45) is 10.5. The van der Waals surface area contributed by atoms with E-state index in [4.69, 9.17) is 0 Å². The largest absolute Gasteiger partial charge is 0.243 e. The Morgan fingerprint density at radius 2 is 2.14 bits per heavy atom. The van der Waals surface area contributed by atoms with Gasteiger partial charge in [0.2, 0.25) is 10.0 Å². The molecule has 7 nitrogen and oxygen atoms in total. The van der Waals surface area contributed by atoms with E-state index in [1.54, 1.807) is 18.2 Å². The summed E-state index contributed by atoms with van der Waals surface area (Å²) in [5, 5.41) is 13.8. The van der Waals surface area contributed by atoms with Gasteiger partial charge in [-0.15, -0.1) is 5.10 Å². The van der Waals surface area contributed by atoms with E-state index in [9.17, 15) is 8.42 Å². The van der Waals surface area contributed by atoms with E-state index in [0.717, 1.165) is 42.4 Å². The molecule has 150 valence electrons. The molecule has 28 heavy (non-hydrogen) atoms. The highest BCUT2D eigenvalue weighted by atomic mass is 79.9. The molecule has 2 aliphatic carbocycles. The SMILES string of the molecule is O=S(=O)(N[C@H]1[C@H]2CC[C@H](C2)[C@@H]1C=CCCCc1nnn[nH]1)c1cccc(Br)c1. The average Bonchev–Trinajstić information content (AvgIpc) is 3.40. The van der Waals surface area contributed by atoms with Crippen LogP contribution in [0.25, 0.3) is 0 Å². The van der Waals surface area contributed by atoms with E-state index < -0.39 is 10.0 Å². The summed E-state index contributed by atoms with van der Waals surface area (Å²) in [6, 6.07) is 6.86. The lowest BCUT2D eigenvalue weighted by Gasteiger charge is -2.29. The zero-order valence-electron chi connectivity index (χ0n) is 15.5. The Labute approximate surface area is 173 Å². The van der Waals surface area contributed by atoms with E-state index in [1.165, 1.54) is 6.42 Å². The number of tetrazole rings is 1. The molecule has 4 rings (SSSR count). The Balaban J connectivity index is 1.40. The minimum atomic E-state index is -3.53. The highest BCUT2D eigenvalue weighted by Crippen LogP contribution is 2.49. The highest BCUT2D eigenvalue weighted by Gasteiger charge is 2.47. The van der Waals surface area contributed by atoms with Crippen molar-refractivity contribution < 1.29 is 8.42 Å². The smallest absolute Gasteiger partial charge is 0.240 e. The van der Waals surface area contributed by atoms with Crippen LogP contribution in [0.4, 0.5) is 0 Å². The molecular weight excluding hydrogens is 442 g/mol. The number of rotatable bonds is 8. The third-order valence-electron chi connectivity index (χ3n) is 5.91. The van der Waals surface area contributed by atoms with Crippen LogP contribution in [-0.4, -0.2) is 35.1 Å². The molecule has 9 heteroatoms. The fourth-order valence-corrected chi connectivity index (χ4v) is 6.53. The summed E-state index contributed by atoms with van der Waals surface area (Å²) in [4.78, 5) is 0.313. The minimum Gasteiger partial charge on any atom is -0.243 e. The van der Waals surface area contributed by atoms with Crippen LogP contribution < -0.4 is 4.72 Å². The molecule has 0 amide bonds. The van der Waals surface area contributed by atoms with Crippen LogP contribution in [-0.2, 0) is 16.4 Å². The Morgan fingerprint density at radius 3 is 2.93 bits per heavy atom. The van der Waals surface area contributed by atoms with Gasteiger partial charge in [-0.25, -0.2) is 18.2 Å². The number of aromatic amines is 1. The molecular formula is C19H24BrN5O2S. The number of fused-ring (bicyclic) bond motifs is 2. The van der Waals surface area contributed by atoms with Gasteiger partial charge in [-0.05, 0) is 78.5 Å². The van der Waals surface area contributed by atoms with E-state index in [1.807, 2.05) is 6.07 Å². The topological polar surface area (TPSA) is 101 Å². The van der Waals surface area contributed by atoms with E-state index in [0.29, 0.717) is 16.7 Å². The fraction of sp³-hybridized carbons (Fsp3) is 0.526. The molecule has 0 unspecified atom stereocenters. The number of benzene rings is 1. The van der Waals surface area contributed by atoms with Crippen molar-refractivity contribution in [1.29, 1.82) is 0 Å². The predicted molar refractivity (Wildman–Crippen MR) is 109 cm³/mol. The van der Waals surface area contributed by atoms with Gasteiger partial charge in [0.15, 0.2) is 0 Å². The van der Waals surface area contributed by atoms with Gasteiger partial charge in [0, 0.05) is 16.9 Å². The quantitative estimate of drug-likeness (QED) is 0.460. The van der Waals surface area contributed by atoms with Gasteiger partial charge < -0.3 is 0 Å². The zero-order chi connectivity index (χ0) is 19.6. The third kappa shape index (κ3) is 4.36. The Hall–Kier alpha value is -1.58. The average molecular weight is 466 g/mol. The fourth-order valence-electron chi connectivity index (χ4n) is 4.59. The van der Waals surface area contributed by atoms with Crippen molar-refractivity contribution in [2.45, 2.75) is 49.5 Å². The van der Waals surface area contributed by atoms with Crippen molar-refractivity contribution in [1.82, 2.24) is 25.3 Å². The molecule has 1 aromatic carbocycles. The summed E-state index contributed by atoms with van der Waals surface area (Å²) in [5.74, 6) is 2.08. The van der Waals surface area contributed by atoms with Crippen molar-refractivity contribution in [2.24, 2.45) is 17.8 Å².